The minimum atomic E-state index is -0.347. The van der Waals surface area contributed by atoms with Crippen molar-refractivity contribution in [1.29, 1.82) is 0 Å². The van der Waals surface area contributed by atoms with Gasteiger partial charge in [-0.05, 0) is 45.4 Å². The van der Waals surface area contributed by atoms with Gasteiger partial charge in [0, 0.05) is 13.7 Å². The van der Waals surface area contributed by atoms with Gasteiger partial charge >= 0.3 is 6.03 Å². The van der Waals surface area contributed by atoms with E-state index in [4.69, 9.17) is 14.2 Å². The van der Waals surface area contributed by atoms with Crippen LogP contribution in [0.5, 0.6) is 5.75 Å². The summed E-state index contributed by atoms with van der Waals surface area (Å²) in [6.07, 6.45) is 0. The van der Waals surface area contributed by atoms with Gasteiger partial charge in [0.15, 0.2) is 0 Å². The third-order valence-corrected chi connectivity index (χ3v) is 3.91. The van der Waals surface area contributed by atoms with E-state index in [2.05, 4.69) is 5.32 Å². The predicted molar refractivity (Wildman–Crippen MR) is 96.9 cm³/mol. The number of amides is 2. The molecule has 1 saturated heterocycles. The molecule has 1 aliphatic heterocycles. The standard InChI is InChI=1S/C19H30N2O4/c1-18(2)13-21(14-19(3,4)25-18)17(22)20-12-15-6-8-16(9-7-15)24-11-10-23-5/h6-9H,10-14H2,1-5H3,(H,20,22). The molecule has 1 fully saturated rings. The second kappa shape index (κ2) is 8.06. The van der Waals surface area contributed by atoms with E-state index < -0.39 is 0 Å². The predicted octanol–water partition coefficient (Wildman–Crippen LogP) is 2.81. The fourth-order valence-corrected chi connectivity index (χ4v) is 3.17. The van der Waals surface area contributed by atoms with Crippen LogP contribution < -0.4 is 10.1 Å². The first-order chi connectivity index (χ1) is 11.7. The number of rotatable bonds is 6. The van der Waals surface area contributed by atoms with E-state index in [0.29, 0.717) is 32.8 Å². The topological polar surface area (TPSA) is 60.0 Å². The van der Waals surface area contributed by atoms with Crippen LogP contribution in [-0.4, -0.2) is 55.5 Å². The molecule has 2 rings (SSSR count). The largest absolute Gasteiger partial charge is 0.491 e. The van der Waals surface area contributed by atoms with Crippen LogP contribution in [0.3, 0.4) is 0 Å². The Morgan fingerprint density at radius 3 is 2.28 bits per heavy atom. The van der Waals surface area contributed by atoms with E-state index in [1.54, 1.807) is 7.11 Å². The van der Waals surface area contributed by atoms with Crippen molar-refractivity contribution in [2.24, 2.45) is 0 Å². The lowest BCUT2D eigenvalue weighted by molar-refractivity contribution is -0.170. The zero-order chi connectivity index (χ0) is 18.5. The molecule has 0 bridgehead atoms. The Kier molecular flexibility index (Phi) is 6.30. The highest BCUT2D eigenvalue weighted by Crippen LogP contribution is 2.28. The minimum Gasteiger partial charge on any atom is -0.491 e. The zero-order valence-electron chi connectivity index (χ0n) is 15.9. The smallest absolute Gasteiger partial charge is 0.317 e. The molecule has 25 heavy (non-hydrogen) atoms. The van der Waals surface area contributed by atoms with E-state index in [9.17, 15) is 4.79 Å². The van der Waals surface area contributed by atoms with Crippen molar-refractivity contribution >= 4 is 6.03 Å². The van der Waals surface area contributed by atoms with Gasteiger partial charge in [-0.15, -0.1) is 0 Å². The highest BCUT2D eigenvalue weighted by atomic mass is 16.5. The Hall–Kier alpha value is -1.79. The summed E-state index contributed by atoms with van der Waals surface area (Å²) in [6.45, 7) is 10.8. The summed E-state index contributed by atoms with van der Waals surface area (Å²) in [5, 5.41) is 2.99. The molecular formula is C19H30N2O4. The average Bonchev–Trinajstić information content (AvgIpc) is 2.51. The van der Waals surface area contributed by atoms with E-state index in [-0.39, 0.29) is 17.2 Å². The second-order valence-electron chi connectivity index (χ2n) is 7.62. The van der Waals surface area contributed by atoms with Crippen molar-refractivity contribution in [3.63, 3.8) is 0 Å². The summed E-state index contributed by atoms with van der Waals surface area (Å²) in [5.74, 6) is 0.795. The number of nitrogens with one attached hydrogen (secondary N) is 1. The number of morpholine rings is 1. The zero-order valence-corrected chi connectivity index (χ0v) is 15.9. The van der Waals surface area contributed by atoms with Crippen LogP contribution in [0.1, 0.15) is 33.3 Å². The summed E-state index contributed by atoms with van der Waals surface area (Å²) in [5.41, 5.74) is 0.333. The fourth-order valence-electron chi connectivity index (χ4n) is 3.17. The maximum atomic E-state index is 12.5. The van der Waals surface area contributed by atoms with Gasteiger partial charge in [0.2, 0.25) is 0 Å². The molecule has 1 N–H and O–H groups in total. The average molecular weight is 350 g/mol. The summed E-state index contributed by atoms with van der Waals surface area (Å²) >= 11 is 0. The molecule has 0 radical (unpaired) electrons. The van der Waals surface area contributed by atoms with Crippen LogP contribution in [0.2, 0.25) is 0 Å². The lowest BCUT2D eigenvalue weighted by Gasteiger charge is -2.47. The lowest BCUT2D eigenvalue weighted by atomic mass is 9.99. The molecule has 1 aromatic carbocycles. The molecule has 140 valence electrons. The Morgan fingerprint density at radius 2 is 1.72 bits per heavy atom. The third-order valence-electron chi connectivity index (χ3n) is 3.91. The molecule has 1 aromatic rings. The van der Waals surface area contributed by atoms with E-state index in [0.717, 1.165) is 11.3 Å². The molecule has 0 aliphatic carbocycles. The molecule has 0 unspecified atom stereocenters. The monoisotopic (exact) mass is 350 g/mol. The Labute approximate surface area is 150 Å². The van der Waals surface area contributed by atoms with Crippen molar-refractivity contribution < 1.29 is 19.0 Å². The molecule has 6 nitrogen and oxygen atoms in total. The van der Waals surface area contributed by atoms with Gasteiger partial charge in [0.05, 0.1) is 30.9 Å². The summed E-state index contributed by atoms with van der Waals surface area (Å²) in [7, 11) is 1.64. The van der Waals surface area contributed by atoms with Crippen molar-refractivity contribution in [3.8, 4) is 5.75 Å². The van der Waals surface area contributed by atoms with Crippen molar-refractivity contribution in [2.75, 3.05) is 33.4 Å². The molecular weight excluding hydrogens is 320 g/mol. The molecule has 6 heteroatoms. The van der Waals surface area contributed by atoms with Crippen LogP contribution in [-0.2, 0) is 16.0 Å². The first-order valence-electron chi connectivity index (χ1n) is 8.64. The number of hydrogen-bond acceptors (Lipinski definition) is 4. The molecule has 1 heterocycles. The number of ether oxygens (including phenoxy) is 3. The Morgan fingerprint density at radius 1 is 1.12 bits per heavy atom. The molecule has 0 atom stereocenters. The first kappa shape index (κ1) is 19.5. The van der Waals surface area contributed by atoms with E-state index >= 15 is 0 Å². The summed E-state index contributed by atoms with van der Waals surface area (Å²) < 4.78 is 16.5. The highest BCUT2D eigenvalue weighted by Gasteiger charge is 2.39. The van der Waals surface area contributed by atoms with Crippen LogP contribution in [0.15, 0.2) is 24.3 Å². The van der Waals surface area contributed by atoms with Crippen molar-refractivity contribution in [1.82, 2.24) is 10.2 Å². The van der Waals surface area contributed by atoms with E-state index in [1.807, 2.05) is 56.9 Å². The fraction of sp³-hybridized carbons (Fsp3) is 0.632. The molecule has 2 amide bonds. The number of carbonyl (C=O) groups is 1. The third kappa shape index (κ3) is 6.21. The van der Waals surface area contributed by atoms with Gasteiger partial charge in [-0.25, -0.2) is 4.79 Å². The number of urea groups is 1. The van der Waals surface area contributed by atoms with E-state index in [1.165, 1.54) is 0 Å². The first-order valence-corrected chi connectivity index (χ1v) is 8.64. The van der Waals surface area contributed by atoms with Gasteiger partial charge in [-0.1, -0.05) is 12.1 Å². The van der Waals surface area contributed by atoms with Gasteiger partial charge in [-0.3, -0.25) is 0 Å². The van der Waals surface area contributed by atoms with Crippen LogP contribution in [0, 0.1) is 0 Å². The van der Waals surface area contributed by atoms with Gasteiger partial charge in [0.1, 0.15) is 12.4 Å². The quantitative estimate of drug-likeness (QED) is 0.802. The lowest BCUT2D eigenvalue weighted by Crippen LogP contribution is -2.60. The molecule has 1 aliphatic rings. The number of benzene rings is 1. The number of methoxy groups -OCH3 is 1. The SMILES string of the molecule is COCCOc1ccc(CNC(=O)N2CC(C)(C)OC(C)(C)C2)cc1. The highest BCUT2D eigenvalue weighted by molar-refractivity contribution is 5.74. The second-order valence-corrected chi connectivity index (χ2v) is 7.62. The van der Waals surface area contributed by atoms with Crippen molar-refractivity contribution in [3.05, 3.63) is 29.8 Å². The van der Waals surface area contributed by atoms with Gasteiger partial charge in [-0.2, -0.15) is 0 Å². The number of carbonyl (C=O) groups excluding carboxylic acids is 1. The number of nitrogens with zero attached hydrogens (tertiary/aromatic N) is 1. The van der Waals surface area contributed by atoms with Crippen LogP contribution in [0.4, 0.5) is 4.79 Å². The van der Waals surface area contributed by atoms with Crippen LogP contribution >= 0.6 is 0 Å². The molecule has 0 aromatic heterocycles. The van der Waals surface area contributed by atoms with Gasteiger partial charge < -0.3 is 24.4 Å². The van der Waals surface area contributed by atoms with Crippen LogP contribution in [0.25, 0.3) is 0 Å². The molecule has 0 spiro atoms. The maximum Gasteiger partial charge on any atom is 0.317 e. The summed E-state index contributed by atoms with van der Waals surface area (Å²) in [4.78, 5) is 14.3. The normalized spacial score (nSPS) is 18.7. The minimum absolute atomic E-state index is 0.0649. The van der Waals surface area contributed by atoms with Crippen molar-refractivity contribution in [2.45, 2.75) is 45.4 Å². The molecule has 0 saturated carbocycles. The van der Waals surface area contributed by atoms with Gasteiger partial charge in [0.25, 0.3) is 0 Å². The Bertz CT molecular complexity index is 553. The Balaban J connectivity index is 1.85. The summed E-state index contributed by atoms with van der Waals surface area (Å²) in [6, 6.07) is 7.64. The maximum absolute atomic E-state index is 12.5. The number of hydrogen-bond donors (Lipinski definition) is 1.